The Balaban J connectivity index is 1.12. The molecule has 0 saturated carbocycles. The number of rotatable bonds is 8. The summed E-state index contributed by atoms with van der Waals surface area (Å²) in [6.07, 6.45) is 2.80. The van der Waals surface area contributed by atoms with Gasteiger partial charge in [-0.05, 0) is 82.3 Å². The van der Waals surface area contributed by atoms with Gasteiger partial charge in [0.2, 0.25) is 0 Å². The average molecular weight is 571 g/mol. The van der Waals surface area contributed by atoms with Gasteiger partial charge in [-0.15, -0.1) is 0 Å². The van der Waals surface area contributed by atoms with E-state index in [9.17, 15) is 4.79 Å². The zero-order valence-corrected chi connectivity index (χ0v) is 24.9. The van der Waals surface area contributed by atoms with Gasteiger partial charge in [0.1, 0.15) is 11.6 Å². The minimum absolute atomic E-state index is 0.279. The largest absolute Gasteiger partial charge is 0.371 e. The van der Waals surface area contributed by atoms with E-state index in [1.165, 1.54) is 5.69 Å². The molecule has 10 nitrogen and oxygen atoms in total. The highest BCUT2D eigenvalue weighted by Crippen LogP contribution is 2.32. The number of hydrogen-bond donors (Lipinski definition) is 2. The molecule has 3 saturated heterocycles. The van der Waals surface area contributed by atoms with Crippen molar-refractivity contribution >= 4 is 34.7 Å². The number of nitrogens with zero attached hydrogens (tertiary/aromatic N) is 6. The number of piperazine rings is 1. The van der Waals surface area contributed by atoms with E-state index in [1.807, 2.05) is 36.4 Å². The van der Waals surface area contributed by atoms with E-state index >= 15 is 0 Å². The molecule has 222 valence electrons. The second-order valence-corrected chi connectivity index (χ2v) is 11.4. The number of ether oxygens (including phenoxy) is 1. The van der Waals surface area contributed by atoms with Gasteiger partial charge in [0, 0.05) is 81.1 Å². The zero-order valence-electron chi connectivity index (χ0n) is 24.9. The number of aromatic nitrogens is 2. The summed E-state index contributed by atoms with van der Waals surface area (Å²) in [6.45, 7) is 11.9. The molecule has 2 amide bonds. The van der Waals surface area contributed by atoms with Gasteiger partial charge in [0.05, 0.1) is 12.2 Å². The Bertz CT molecular complexity index is 1340. The first-order valence-corrected chi connectivity index (χ1v) is 15.2. The van der Waals surface area contributed by atoms with Crippen molar-refractivity contribution in [2.75, 3.05) is 84.7 Å². The fourth-order valence-electron chi connectivity index (χ4n) is 6.04. The van der Waals surface area contributed by atoms with Crippen molar-refractivity contribution in [3.05, 3.63) is 54.6 Å². The van der Waals surface area contributed by atoms with Crippen molar-refractivity contribution in [2.45, 2.75) is 38.9 Å². The number of hydrogen-bond acceptors (Lipinski definition) is 8. The maximum atomic E-state index is 12.7. The molecule has 0 radical (unpaired) electrons. The third-order valence-corrected chi connectivity index (χ3v) is 8.55. The summed E-state index contributed by atoms with van der Waals surface area (Å²) < 4.78 is 6.06. The lowest BCUT2D eigenvalue weighted by Gasteiger charge is -2.34. The molecule has 42 heavy (non-hydrogen) atoms. The van der Waals surface area contributed by atoms with Gasteiger partial charge in [-0.2, -0.15) is 0 Å². The van der Waals surface area contributed by atoms with E-state index in [-0.39, 0.29) is 18.2 Å². The van der Waals surface area contributed by atoms with E-state index in [0.29, 0.717) is 11.5 Å². The lowest BCUT2D eigenvalue weighted by molar-refractivity contribution is 0.0302. The fraction of sp³-hybridized carbons (Fsp3) is 0.469. The molecule has 4 heterocycles. The first-order valence-electron chi connectivity index (χ1n) is 15.2. The number of fused-ring (bicyclic) bond motifs is 2. The van der Waals surface area contributed by atoms with Crippen molar-refractivity contribution in [1.29, 1.82) is 0 Å². The quantitative estimate of drug-likeness (QED) is 0.401. The van der Waals surface area contributed by atoms with E-state index in [0.717, 1.165) is 88.1 Å². The molecule has 2 bridgehead atoms. The molecule has 0 aliphatic carbocycles. The molecular weight excluding hydrogens is 528 g/mol. The van der Waals surface area contributed by atoms with Crippen LogP contribution in [0, 0.1) is 0 Å². The van der Waals surface area contributed by atoms with Crippen LogP contribution >= 0.6 is 0 Å². The molecule has 2 atom stereocenters. The van der Waals surface area contributed by atoms with Gasteiger partial charge >= 0.3 is 6.03 Å². The van der Waals surface area contributed by atoms with Crippen LogP contribution in [-0.2, 0) is 4.74 Å². The Morgan fingerprint density at radius 3 is 2.05 bits per heavy atom. The van der Waals surface area contributed by atoms with Crippen LogP contribution in [0.25, 0.3) is 11.4 Å². The average Bonchev–Trinajstić information content (AvgIpc) is 3.35. The van der Waals surface area contributed by atoms with Crippen LogP contribution in [0.4, 0.5) is 33.5 Å². The summed E-state index contributed by atoms with van der Waals surface area (Å²) in [7, 11) is 2.15. The van der Waals surface area contributed by atoms with Crippen LogP contribution in [-0.4, -0.2) is 92.5 Å². The van der Waals surface area contributed by atoms with E-state index < -0.39 is 0 Å². The first kappa shape index (κ1) is 28.2. The van der Waals surface area contributed by atoms with Gasteiger partial charge in [-0.1, -0.05) is 0 Å². The second-order valence-electron chi connectivity index (χ2n) is 11.4. The Hall–Kier alpha value is -3.89. The van der Waals surface area contributed by atoms with E-state index in [4.69, 9.17) is 14.7 Å². The number of likely N-dealkylation sites (N-methyl/N-ethyl adjacent to an activating group) is 1. The van der Waals surface area contributed by atoms with Crippen molar-refractivity contribution < 1.29 is 9.53 Å². The molecule has 3 fully saturated rings. The lowest BCUT2D eigenvalue weighted by atomic mass is 10.2. The Morgan fingerprint density at radius 2 is 1.45 bits per heavy atom. The maximum Gasteiger partial charge on any atom is 0.323 e. The fourth-order valence-corrected chi connectivity index (χ4v) is 6.04. The zero-order chi connectivity index (χ0) is 29.1. The Labute approximate surface area is 248 Å². The third kappa shape index (κ3) is 6.44. The van der Waals surface area contributed by atoms with Crippen LogP contribution in [0.5, 0.6) is 0 Å². The number of carbonyl (C=O) groups is 1. The van der Waals surface area contributed by atoms with Crippen LogP contribution in [0.3, 0.4) is 0 Å². The van der Waals surface area contributed by atoms with Crippen LogP contribution in [0.15, 0.2) is 54.6 Å². The maximum absolute atomic E-state index is 12.7. The molecule has 10 heteroatoms. The predicted octanol–water partition coefficient (Wildman–Crippen LogP) is 4.75. The van der Waals surface area contributed by atoms with Gasteiger partial charge < -0.3 is 35.0 Å². The van der Waals surface area contributed by atoms with E-state index in [1.54, 1.807) is 0 Å². The van der Waals surface area contributed by atoms with Crippen molar-refractivity contribution in [2.24, 2.45) is 0 Å². The Morgan fingerprint density at radius 1 is 0.857 bits per heavy atom. The summed E-state index contributed by atoms with van der Waals surface area (Å²) in [4.78, 5) is 32.0. The summed E-state index contributed by atoms with van der Waals surface area (Å²) in [5.74, 6) is 2.56. The summed E-state index contributed by atoms with van der Waals surface area (Å²) >= 11 is 0. The predicted molar refractivity (Wildman–Crippen MR) is 170 cm³/mol. The highest BCUT2D eigenvalue weighted by atomic mass is 16.5. The monoisotopic (exact) mass is 570 g/mol. The summed E-state index contributed by atoms with van der Waals surface area (Å²) in [6, 6.07) is 17.6. The topological polar surface area (TPSA) is 89.1 Å². The van der Waals surface area contributed by atoms with Gasteiger partial charge in [-0.3, -0.25) is 0 Å². The van der Waals surface area contributed by atoms with Gasteiger partial charge in [0.15, 0.2) is 5.82 Å². The third-order valence-electron chi connectivity index (χ3n) is 8.55. The molecule has 3 aliphatic heterocycles. The number of nitrogens with one attached hydrogen (secondary N) is 2. The highest BCUT2D eigenvalue weighted by Gasteiger charge is 2.34. The number of morpholine rings is 1. The molecule has 3 aromatic rings. The molecule has 0 spiro atoms. The minimum atomic E-state index is -0.279. The smallest absolute Gasteiger partial charge is 0.323 e. The molecule has 2 aromatic carbocycles. The van der Waals surface area contributed by atoms with Crippen LogP contribution in [0.2, 0.25) is 0 Å². The number of benzene rings is 2. The summed E-state index contributed by atoms with van der Waals surface area (Å²) in [5.41, 5.74) is 3.55. The summed E-state index contributed by atoms with van der Waals surface area (Å²) in [5, 5.41) is 5.88. The van der Waals surface area contributed by atoms with Gasteiger partial charge in [-0.25, -0.2) is 14.8 Å². The van der Waals surface area contributed by atoms with Crippen molar-refractivity contribution in [1.82, 2.24) is 14.9 Å². The van der Waals surface area contributed by atoms with Crippen molar-refractivity contribution in [3.63, 3.8) is 0 Å². The Kier molecular flexibility index (Phi) is 8.43. The highest BCUT2D eigenvalue weighted by molar-refractivity contribution is 6.00. The molecular formula is C32H42N8O2. The van der Waals surface area contributed by atoms with Crippen LogP contribution in [0.1, 0.15) is 26.7 Å². The molecule has 3 aliphatic rings. The van der Waals surface area contributed by atoms with Crippen LogP contribution < -0.4 is 25.3 Å². The van der Waals surface area contributed by atoms with Gasteiger partial charge in [0.25, 0.3) is 0 Å². The first-order chi connectivity index (χ1) is 20.5. The normalized spacial score (nSPS) is 20.5. The second kappa shape index (κ2) is 12.5. The minimum Gasteiger partial charge on any atom is -0.371 e. The SMILES string of the molecule is CCN(CC)c1cc(N2CC3CCC(C2)O3)nc(-c2ccc(NC(=O)Nc3ccc(N4CCN(C)CC4)cc3)cc2)n1. The number of amides is 2. The van der Waals surface area contributed by atoms with Crippen molar-refractivity contribution in [3.8, 4) is 11.4 Å². The number of carbonyl (C=O) groups excluding carboxylic acids is 1. The molecule has 1 aromatic heterocycles. The molecule has 2 N–H and O–H groups in total. The standard InChI is InChI=1S/C32H42N8O2/c1-4-38(5-2)29-20-30(40-21-27-14-15-28(22-40)42-27)36-31(35-29)23-6-8-24(9-7-23)33-32(41)34-25-10-12-26(13-11-25)39-18-16-37(3)17-19-39/h6-13,20,27-28H,4-5,14-19,21-22H2,1-3H3,(H2,33,34,41). The number of urea groups is 1. The molecule has 6 rings (SSSR count). The number of anilines is 5. The molecule has 2 unspecified atom stereocenters. The van der Waals surface area contributed by atoms with E-state index in [2.05, 4.69) is 69.3 Å². The lowest BCUT2D eigenvalue weighted by Crippen LogP contribution is -2.44.